The van der Waals surface area contributed by atoms with Crippen LogP contribution in [0.15, 0.2) is 0 Å². The maximum Gasteiger partial charge on any atom is 0.152 e. The second kappa shape index (κ2) is 12.7. The average Bonchev–Trinajstić information content (AvgIpc) is 2.97. The summed E-state index contributed by atoms with van der Waals surface area (Å²) in [6.07, 6.45) is 1.29. The van der Waals surface area contributed by atoms with E-state index in [4.69, 9.17) is 14.2 Å². The number of rotatable bonds is 16. The summed E-state index contributed by atoms with van der Waals surface area (Å²) in [4.78, 5) is 2.07. The third kappa shape index (κ3) is 8.94. The highest BCUT2D eigenvalue weighted by Gasteiger charge is 2.34. The molecule has 0 aliphatic carbocycles. The third-order valence-corrected chi connectivity index (χ3v) is 6.48. The van der Waals surface area contributed by atoms with Gasteiger partial charge < -0.3 is 19.5 Å². The van der Waals surface area contributed by atoms with Crippen LogP contribution in [0.5, 0.6) is 0 Å². The van der Waals surface area contributed by atoms with Crippen LogP contribution in [-0.4, -0.2) is 105 Å². The SMILES string of the molecule is Cc1c(CN2CC(S(C)(=O)=O)C2)nnn1CCOCCOCCOCCNC(C)C. The minimum Gasteiger partial charge on any atom is -0.378 e. The van der Waals surface area contributed by atoms with Crippen molar-refractivity contribution in [1.82, 2.24) is 25.2 Å². The molecule has 0 bridgehead atoms. The van der Waals surface area contributed by atoms with Crippen LogP contribution >= 0.6 is 0 Å². The van der Waals surface area contributed by atoms with Crippen molar-refractivity contribution in [3.05, 3.63) is 11.4 Å². The van der Waals surface area contributed by atoms with Gasteiger partial charge in [-0.15, -0.1) is 5.10 Å². The lowest BCUT2D eigenvalue weighted by molar-refractivity contribution is 0.0130. The molecule has 10 nitrogen and oxygen atoms in total. The molecule has 0 radical (unpaired) electrons. The molecule has 1 N–H and O–H groups in total. The van der Waals surface area contributed by atoms with E-state index < -0.39 is 9.84 Å². The van der Waals surface area contributed by atoms with Gasteiger partial charge in [0.25, 0.3) is 0 Å². The highest BCUT2D eigenvalue weighted by Crippen LogP contribution is 2.18. The van der Waals surface area contributed by atoms with E-state index in [1.165, 1.54) is 6.26 Å². The predicted octanol–water partition coefficient (Wildman–Crippen LogP) is -0.137. The molecule has 0 amide bonds. The summed E-state index contributed by atoms with van der Waals surface area (Å²) in [6, 6.07) is 0.477. The van der Waals surface area contributed by atoms with Crippen LogP contribution in [-0.2, 0) is 37.1 Å². The number of nitrogens with one attached hydrogen (secondary N) is 1. The summed E-state index contributed by atoms with van der Waals surface area (Å²) in [7, 11) is -2.95. The molecule has 0 saturated carbocycles. The van der Waals surface area contributed by atoms with Gasteiger partial charge in [0.15, 0.2) is 9.84 Å². The Morgan fingerprint density at radius 2 is 1.67 bits per heavy atom. The van der Waals surface area contributed by atoms with Crippen LogP contribution in [0.2, 0.25) is 0 Å². The average molecular weight is 448 g/mol. The fraction of sp³-hybridized carbons (Fsp3) is 0.895. The van der Waals surface area contributed by atoms with Crippen LogP contribution in [0.1, 0.15) is 25.2 Å². The number of sulfone groups is 1. The maximum atomic E-state index is 11.5. The molecular formula is C19H37N5O5S. The number of hydrogen-bond acceptors (Lipinski definition) is 9. The minimum absolute atomic E-state index is 0.253. The Bertz CT molecular complexity index is 719. The maximum absolute atomic E-state index is 11.5. The smallest absolute Gasteiger partial charge is 0.152 e. The molecule has 1 fully saturated rings. The van der Waals surface area contributed by atoms with Crippen molar-refractivity contribution >= 4 is 9.84 Å². The van der Waals surface area contributed by atoms with Crippen molar-refractivity contribution in [1.29, 1.82) is 0 Å². The lowest BCUT2D eigenvalue weighted by Crippen LogP contribution is -2.53. The number of ether oxygens (including phenoxy) is 3. The van der Waals surface area contributed by atoms with Gasteiger partial charge in [-0.3, -0.25) is 4.90 Å². The topological polar surface area (TPSA) is 108 Å². The molecule has 1 aliphatic heterocycles. The second-order valence-electron chi connectivity index (χ2n) is 7.94. The predicted molar refractivity (Wildman–Crippen MR) is 114 cm³/mol. The Kier molecular flexibility index (Phi) is 10.6. The third-order valence-electron chi connectivity index (χ3n) is 4.97. The van der Waals surface area contributed by atoms with Crippen LogP contribution in [0.4, 0.5) is 0 Å². The summed E-state index contributed by atoms with van der Waals surface area (Å²) in [5, 5.41) is 11.4. The van der Waals surface area contributed by atoms with Crippen molar-refractivity contribution in [2.24, 2.45) is 0 Å². The molecule has 2 rings (SSSR count). The molecule has 0 aromatic carbocycles. The first-order chi connectivity index (χ1) is 14.3. The van der Waals surface area contributed by atoms with Gasteiger partial charge in [0, 0.05) is 38.5 Å². The quantitative estimate of drug-likeness (QED) is 0.347. The van der Waals surface area contributed by atoms with Gasteiger partial charge in [-0.1, -0.05) is 19.1 Å². The Balaban J connectivity index is 1.48. The first-order valence-corrected chi connectivity index (χ1v) is 12.5. The van der Waals surface area contributed by atoms with Crippen LogP contribution < -0.4 is 5.32 Å². The molecule has 174 valence electrons. The number of hydrogen-bond donors (Lipinski definition) is 1. The van der Waals surface area contributed by atoms with Gasteiger partial charge in [0.05, 0.1) is 62.8 Å². The van der Waals surface area contributed by atoms with Gasteiger partial charge in [-0.25, -0.2) is 13.1 Å². The molecule has 11 heteroatoms. The molecule has 1 saturated heterocycles. The van der Waals surface area contributed by atoms with Crippen molar-refractivity contribution in [3.63, 3.8) is 0 Å². The molecule has 1 aliphatic rings. The molecule has 1 aromatic heterocycles. The van der Waals surface area contributed by atoms with E-state index in [0.29, 0.717) is 71.9 Å². The summed E-state index contributed by atoms with van der Waals surface area (Å²) in [5.74, 6) is 0. The monoisotopic (exact) mass is 447 g/mol. The van der Waals surface area contributed by atoms with Crippen molar-refractivity contribution in [2.75, 3.05) is 65.5 Å². The van der Waals surface area contributed by atoms with E-state index in [9.17, 15) is 8.42 Å². The number of aromatic nitrogens is 3. The highest BCUT2D eigenvalue weighted by molar-refractivity contribution is 7.91. The van der Waals surface area contributed by atoms with Crippen LogP contribution in [0.25, 0.3) is 0 Å². The number of likely N-dealkylation sites (tertiary alicyclic amines) is 1. The second-order valence-corrected chi connectivity index (χ2v) is 10.3. The fourth-order valence-electron chi connectivity index (χ4n) is 3.00. The van der Waals surface area contributed by atoms with E-state index in [2.05, 4.69) is 34.4 Å². The lowest BCUT2D eigenvalue weighted by Gasteiger charge is -2.37. The Labute approximate surface area is 180 Å². The van der Waals surface area contributed by atoms with Gasteiger partial charge in [0.2, 0.25) is 0 Å². The van der Waals surface area contributed by atoms with E-state index in [1.807, 2.05) is 11.6 Å². The lowest BCUT2D eigenvalue weighted by atomic mass is 10.2. The molecule has 0 unspecified atom stereocenters. The molecular weight excluding hydrogens is 410 g/mol. The van der Waals surface area contributed by atoms with Gasteiger partial charge in [0.1, 0.15) is 0 Å². The van der Waals surface area contributed by atoms with Gasteiger partial charge in [-0.05, 0) is 6.92 Å². The zero-order valence-corrected chi connectivity index (χ0v) is 19.5. The van der Waals surface area contributed by atoms with Crippen molar-refractivity contribution in [3.8, 4) is 0 Å². The highest BCUT2D eigenvalue weighted by atomic mass is 32.2. The Hall–Kier alpha value is -1.11. The van der Waals surface area contributed by atoms with Crippen molar-refractivity contribution in [2.45, 2.75) is 45.2 Å². The van der Waals surface area contributed by atoms with Crippen LogP contribution in [0.3, 0.4) is 0 Å². The van der Waals surface area contributed by atoms with Crippen molar-refractivity contribution < 1.29 is 22.6 Å². The molecule has 1 aromatic rings. The summed E-state index contributed by atoms with van der Waals surface area (Å²) >= 11 is 0. The van der Waals surface area contributed by atoms with E-state index in [0.717, 1.165) is 17.9 Å². The van der Waals surface area contributed by atoms with E-state index in [1.54, 1.807) is 0 Å². The largest absolute Gasteiger partial charge is 0.378 e. The minimum atomic E-state index is -2.95. The molecule has 0 spiro atoms. The first kappa shape index (κ1) is 25.2. The van der Waals surface area contributed by atoms with E-state index in [-0.39, 0.29) is 5.25 Å². The number of nitrogens with zero attached hydrogens (tertiary/aromatic N) is 4. The summed E-state index contributed by atoms with van der Waals surface area (Å²) in [5.41, 5.74) is 1.87. The zero-order valence-electron chi connectivity index (χ0n) is 18.7. The summed E-state index contributed by atoms with van der Waals surface area (Å²) in [6.45, 7) is 12.8. The molecule has 0 atom stereocenters. The molecule has 30 heavy (non-hydrogen) atoms. The normalized spacial score (nSPS) is 15.8. The van der Waals surface area contributed by atoms with Crippen LogP contribution in [0, 0.1) is 6.92 Å². The van der Waals surface area contributed by atoms with Gasteiger partial charge in [-0.2, -0.15) is 0 Å². The Morgan fingerprint density at radius 1 is 1.07 bits per heavy atom. The standard InChI is InChI=1S/C19H37N5O5S/c1-16(2)20-5-7-27-9-11-29-12-10-28-8-6-24-17(3)19(21-22-24)15-23-13-18(14-23)30(4,25)26/h16,18,20H,5-15H2,1-4H3. The van der Waals surface area contributed by atoms with E-state index >= 15 is 0 Å². The fourth-order valence-corrected chi connectivity index (χ4v) is 3.96. The Morgan fingerprint density at radius 3 is 2.27 bits per heavy atom. The zero-order chi connectivity index (χ0) is 22.0. The molecule has 2 heterocycles. The summed E-state index contributed by atoms with van der Waals surface area (Å²) < 4.78 is 41.4. The first-order valence-electron chi connectivity index (χ1n) is 10.5. The van der Waals surface area contributed by atoms with Gasteiger partial charge >= 0.3 is 0 Å².